The van der Waals surface area contributed by atoms with Crippen LogP contribution in [0.15, 0.2) is 104 Å². The molecule has 0 aliphatic rings. The molecule has 0 amide bonds. The molecule has 3 aromatic rings. The van der Waals surface area contributed by atoms with Gasteiger partial charge in [0, 0.05) is 0 Å². The summed E-state index contributed by atoms with van der Waals surface area (Å²) in [6.07, 6.45) is -1.13. The van der Waals surface area contributed by atoms with Crippen molar-refractivity contribution in [1.29, 1.82) is 0 Å². The van der Waals surface area contributed by atoms with Crippen molar-refractivity contribution in [2.45, 2.75) is 0 Å². The predicted octanol–water partition coefficient (Wildman–Crippen LogP) is -0.114. The van der Waals surface area contributed by atoms with Crippen LogP contribution in [0.25, 0.3) is 0 Å². The van der Waals surface area contributed by atoms with Crippen LogP contribution in [0.2, 0.25) is 0 Å². The average Bonchev–Trinajstić information content (AvgIpc) is 2.59. The summed E-state index contributed by atoms with van der Waals surface area (Å²) in [5.41, 5.74) is 3.89. The van der Waals surface area contributed by atoms with Gasteiger partial charge in [0.1, 0.15) is 0 Å². The fourth-order valence-electron chi connectivity index (χ4n) is 3.26. The molecule has 0 atom stereocenters. The summed E-state index contributed by atoms with van der Waals surface area (Å²) in [7, 11) is 0. The molecular formula is C20H18BNa. The van der Waals surface area contributed by atoms with E-state index in [9.17, 15) is 0 Å². The Morgan fingerprint density at radius 2 is 0.818 bits per heavy atom. The molecule has 0 spiro atoms. The summed E-state index contributed by atoms with van der Waals surface area (Å²) in [5, 5.41) is 0. The van der Waals surface area contributed by atoms with E-state index in [4.69, 9.17) is 0 Å². The van der Waals surface area contributed by atoms with E-state index < -0.39 is 6.15 Å². The zero-order valence-electron chi connectivity index (χ0n) is 13.0. The van der Waals surface area contributed by atoms with E-state index in [2.05, 4.69) is 104 Å². The summed E-state index contributed by atoms with van der Waals surface area (Å²) < 4.78 is 0. The van der Waals surface area contributed by atoms with Gasteiger partial charge in [0.25, 0.3) is 0 Å². The Hall–Kier alpha value is -1.54. The molecule has 0 bridgehead atoms. The van der Waals surface area contributed by atoms with Crippen LogP contribution in [0.3, 0.4) is 0 Å². The average molecular weight is 292 g/mol. The minimum Gasteiger partial charge on any atom is -0.239 e. The molecule has 0 aromatic heterocycles. The van der Waals surface area contributed by atoms with E-state index in [0.29, 0.717) is 0 Å². The van der Waals surface area contributed by atoms with Gasteiger partial charge in [-0.15, -0.1) is 6.58 Å². The van der Waals surface area contributed by atoms with Gasteiger partial charge in [0.15, 0.2) is 0 Å². The van der Waals surface area contributed by atoms with Crippen molar-refractivity contribution in [3.63, 3.8) is 0 Å². The number of benzene rings is 3. The van der Waals surface area contributed by atoms with E-state index in [1.165, 1.54) is 16.4 Å². The Balaban J connectivity index is 0.00000176. The molecular weight excluding hydrogens is 274 g/mol. The van der Waals surface area contributed by atoms with Crippen molar-refractivity contribution < 1.29 is 29.6 Å². The van der Waals surface area contributed by atoms with Crippen LogP contribution < -0.4 is 45.9 Å². The topological polar surface area (TPSA) is 0 Å². The minimum atomic E-state index is -1.13. The molecule has 102 valence electrons. The van der Waals surface area contributed by atoms with Crippen LogP contribution in [-0.4, -0.2) is 6.15 Å². The largest absolute Gasteiger partial charge is 1.00 e. The Bertz CT molecular complexity index is 612. The summed E-state index contributed by atoms with van der Waals surface area (Å²) >= 11 is 0. The van der Waals surface area contributed by atoms with Gasteiger partial charge in [-0.3, -0.25) is 0 Å². The Morgan fingerprint density at radius 3 is 1.05 bits per heavy atom. The standard InChI is InChI=1S/C20H18B.Na/c1-2-21(18-12-6-3-7-13-18,19-14-8-4-9-15-19)20-16-10-5-11-17-20;/h2-17H,1H2;/q-1;+1. The SMILES string of the molecule is C=C[B-](c1ccccc1)(c1ccccc1)c1ccccc1.[Na+]. The Morgan fingerprint density at radius 1 is 0.545 bits per heavy atom. The Labute approximate surface area is 155 Å². The summed E-state index contributed by atoms with van der Waals surface area (Å²) in [5.74, 6) is 2.11. The molecule has 0 aliphatic heterocycles. The van der Waals surface area contributed by atoms with Gasteiger partial charge in [0.05, 0.1) is 6.15 Å². The van der Waals surface area contributed by atoms with Gasteiger partial charge in [-0.05, 0) is 0 Å². The molecule has 0 fully saturated rings. The van der Waals surface area contributed by atoms with Crippen molar-refractivity contribution in [1.82, 2.24) is 0 Å². The smallest absolute Gasteiger partial charge is 0.239 e. The second-order valence-corrected chi connectivity index (χ2v) is 5.40. The third kappa shape index (κ3) is 2.98. The zero-order chi connectivity index (χ0) is 14.5. The van der Waals surface area contributed by atoms with E-state index >= 15 is 0 Å². The molecule has 0 N–H and O–H groups in total. The van der Waals surface area contributed by atoms with Gasteiger partial charge in [-0.2, -0.15) is 16.4 Å². The van der Waals surface area contributed by atoms with E-state index in [-0.39, 0.29) is 29.6 Å². The molecule has 0 aliphatic carbocycles. The minimum absolute atomic E-state index is 0. The van der Waals surface area contributed by atoms with E-state index in [1.54, 1.807) is 0 Å². The third-order valence-corrected chi connectivity index (χ3v) is 4.33. The van der Waals surface area contributed by atoms with Crippen LogP contribution in [0.4, 0.5) is 0 Å². The summed E-state index contributed by atoms with van der Waals surface area (Å²) in [6, 6.07) is 31.9. The van der Waals surface area contributed by atoms with Crippen LogP contribution in [0.5, 0.6) is 0 Å². The first kappa shape index (κ1) is 16.8. The fraction of sp³-hybridized carbons (Fsp3) is 0. The summed E-state index contributed by atoms with van der Waals surface area (Å²) in [6.45, 7) is 4.19. The first-order valence-corrected chi connectivity index (χ1v) is 7.34. The summed E-state index contributed by atoms with van der Waals surface area (Å²) in [4.78, 5) is 0. The molecule has 0 saturated heterocycles. The number of hydrogen-bond donors (Lipinski definition) is 0. The predicted molar refractivity (Wildman–Crippen MR) is 94.2 cm³/mol. The quantitative estimate of drug-likeness (QED) is 0.589. The van der Waals surface area contributed by atoms with Gasteiger partial charge in [0.2, 0.25) is 0 Å². The molecule has 0 radical (unpaired) electrons. The van der Waals surface area contributed by atoms with E-state index in [0.717, 1.165) is 0 Å². The normalized spacial score (nSPS) is 10.5. The molecule has 3 rings (SSSR count). The molecule has 22 heavy (non-hydrogen) atoms. The second-order valence-electron chi connectivity index (χ2n) is 5.40. The van der Waals surface area contributed by atoms with Crippen molar-refractivity contribution in [2.24, 2.45) is 0 Å². The van der Waals surface area contributed by atoms with Gasteiger partial charge < -0.3 is 0 Å². The molecule has 2 heteroatoms. The van der Waals surface area contributed by atoms with Crippen molar-refractivity contribution in [2.75, 3.05) is 0 Å². The van der Waals surface area contributed by atoms with Gasteiger partial charge in [-0.25, -0.2) is 5.98 Å². The van der Waals surface area contributed by atoms with E-state index in [1.807, 2.05) is 0 Å². The zero-order valence-corrected chi connectivity index (χ0v) is 15.0. The Kier molecular flexibility index (Phi) is 5.85. The molecule has 0 saturated carbocycles. The fourth-order valence-corrected chi connectivity index (χ4v) is 3.26. The number of hydrogen-bond acceptors (Lipinski definition) is 0. The van der Waals surface area contributed by atoms with Gasteiger partial charge in [-0.1, -0.05) is 91.0 Å². The van der Waals surface area contributed by atoms with Gasteiger partial charge >= 0.3 is 29.6 Å². The van der Waals surface area contributed by atoms with Crippen molar-refractivity contribution in [3.05, 3.63) is 104 Å². The molecule has 3 aromatic carbocycles. The monoisotopic (exact) mass is 292 g/mol. The van der Waals surface area contributed by atoms with Crippen molar-refractivity contribution >= 4 is 22.5 Å². The maximum absolute atomic E-state index is 4.19. The maximum Gasteiger partial charge on any atom is 1.00 e. The number of rotatable bonds is 4. The molecule has 0 unspecified atom stereocenters. The second kappa shape index (κ2) is 7.64. The van der Waals surface area contributed by atoms with Crippen LogP contribution in [0, 0.1) is 0 Å². The van der Waals surface area contributed by atoms with Crippen LogP contribution in [-0.2, 0) is 0 Å². The first-order chi connectivity index (χ1) is 10.4. The third-order valence-electron chi connectivity index (χ3n) is 4.33. The first-order valence-electron chi connectivity index (χ1n) is 7.34. The molecule has 0 nitrogen and oxygen atoms in total. The maximum atomic E-state index is 4.19. The van der Waals surface area contributed by atoms with Crippen LogP contribution >= 0.6 is 0 Å². The van der Waals surface area contributed by atoms with Crippen molar-refractivity contribution in [3.8, 4) is 0 Å². The molecule has 0 heterocycles. The van der Waals surface area contributed by atoms with Crippen LogP contribution in [0.1, 0.15) is 0 Å².